The number of hydrogen-bond donors (Lipinski definition) is 9. The van der Waals surface area contributed by atoms with Crippen LogP contribution in [0.1, 0.15) is 26.2 Å². The molecular formula is C13H32N4O8P2+2. The van der Waals surface area contributed by atoms with Crippen molar-refractivity contribution in [1.82, 2.24) is 20.9 Å². The third-order valence-corrected chi connectivity index (χ3v) is 4.76. The van der Waals surface area contributed by atoms with Crippen LogP contribution in [-0.2, 0) is 9.59 Å². The maximum atomic E-state index is 11.7. The Balaban J connectivity index is 3.99. The van der Waals surface area contributed by atoms with Gasteiger partial charge in [0.15, 0.2) is 12.6 Å². The standard InChI is InChI=1S/C13H30N4O8P2/c1-2-14-6-5-13(19)16-8-7-15-12(18)4-3-9-17(10-26(20,21)22)11-27(23,24)25/h14,20-25H,2-11H2,1H3/p+2. The summed E-state index contributed by atoms with van der Waals surface area (Å²) in [4.78, 5) is 78.7. The van der Waals surface area contributed by atoms with Crippen molar-refractivity contribution in [1.29, 1.82) is 0 Å². The first-order valence-electron chi connectivity index (χ1n) is 8.52. The molecule has 0 unspecified atom stereocenters. The summed E-state index contributed by atoms with van der Waals surface area (Å²) in [7, 11) is -8.40. The number of nitrogens with one attached hydrogen (secondary N) is 3. The van der Waals surface area contributed by atoms with Gasteiger partial charge in [-0.15, -0.1) is 0 Å². The predicted molar refractivity (Wildman–Crippen MR) is 102 cm³/mol. The van der Waals surface area contributed by atoms with E-state index >= 15 is 0 Å². The Morgan fingerprint density at radius 2 is 1.30 bits per heavy atom. The van der Waals surface area contributed by atoms with Crippen molar-refractivity contribution in [3.8, 4) is 0 Å². The molecule has 0 rings (SSSR count). The lowest BCUT2D eigenvalue weighted by molar-refractivity contribution is -0.122. The average molecular weight is 434 g/mol. The van der Waals surface area contributed by atoms with E-state index in [1.165, 1.54) is 0 Å². The van der Waals surface area contributed by atoms with E-state index in [0.29, 0.717) is 19.5 Å². The van der Waals surface area contributed by atoms with Crippen LogP contribution in [-0.4, -0.2) is 91.4 Å². The van der Waals surface area contributed by atoms with Crippen LogP contribution >= 0.6 is 15.9 Å². The molecule has 9 N–H and O–H groups in total. The van der Waals surface area contributed by atoms with Crippen molar-refractivity contribution in [2.45, 2.75) is 26.2 Å². The topological polar surface area (TPSA) is 195 Å². The minimum atomic E-state index is -4.20. The molecule has 160 valence electrons. The highest BCUT2D eigenvalue weighted by atomic mass is 31.2. The van der Waals surface area contributed by atoms with Gasteiger partial charge in [-0.3, -0.25) is 9.59 Å². The number of rotatable bonds is 15. The van der Waals surface area contributed by atoms with E-state index in [4.69, 9.17) is 29.4 Å². The molecule has 0 aliphatic rings. The van der Waals surface area contributed by atoms with Gasteiger partial charge in [-0.25, -0.2) is 4.90 Å². The SMILES string of the molecule is CCNCCC(=O)NCCNC(=O)CCCN(C[P+](O)(O)O)C[P+](O)(O)O. The summed E-state index contributed by atoms with van der Waals surface area (Å²) >= 11 is 0. The number of hydrogen-bond acceptors (Lipinski definition) is 10. The minimum absolute atomic E-state index is 0.0292. The molecule has 0 bridgehead atoms. The van der Waals surface area contributed by atoms with Crippen molar-refractivity contribution in [3.05, 3.63) is 0 Å². The Morgan fingerprint density at radius 1 is 0.815 bits per heavy atom. The summed E-state index contributed by atoms with van der Waals surface area (Å²) in [6, 6.07) is 0. The molecule has 14 heteroatoms. The number of nitrogens with zero attached hydrogens (tertiary/aromatic N) is 1. The van der Waals surface area contributed by atoms with Gasteiger partial charge >= 0.3 is 15.9 Å². The van der Waals surface area contributed by atoms with Crippen molar-refractivity contribution in [2.24, 2.45) is 0 Å². The molecule has 0 heterocycles. The molecule has 0 aliphatic heterocycles. The fourth-order valence-corrected chi connectivity index (χ4v) is 3.86. The van der Waals surface area contributed by atoms with Gasteiger partial charge in [-0.05, 0) is 13.0 Å². The first-order valence-corrected chi connectivity index (χ1v) is 12.2. The average Bonchev–Trinajstić information content (AvgIpc) is 2.48. The lowest BCUT2D eigenvalue weighted by Gasteiger charge is -2.20. The molecule has 0 radical (unpaired) electrons. The number of carbonyl (C=O) groups is 2. The highest BCUT2D eigenvalue weighted by Gasteiger charge is 2.40. The van der Waals surface area contributed by atoms with Gasteiger partial charge in [0.05, 0.1) is 0 Å². The van der Waals surface area contributed by atoms with Gasteiger partial charge in [0.1, 0.15) is 0 Å². The predicted octanol–water partition coefficient (Wildman–Crippen LogP) is -2.31. The summed E-state index contributed by atoms with van der Waals surface area (Å²) in [5.74, 6) is -0.415. The molecule has 27 heavy (non-hydrogen) atoms. The van der Waals surface area contributed by atoms with E-state index in [1.807, 2.05) is 6.92 Å². The molecule has 0 fully saturated rings. The fraction of sp³-hybridized carbons (Fsp3) is 0.846. The van der Waals surface area contributed by atoms with Gasteiger partial charge in [-0.2, -0.15) is 29.4 Å². The van der Waals surface area contributed by atoms with Crippen molar-refractivity contribution in [2.75, 3.05) is 45.3 Å². The highest BCUT2D eigenvalue weighted by molar-refractivity contribution is 7.59. The summed E-state index contributed by atoms with van der Waals surface area (Å²) < 4.78 is 0. The second-order valence-electron chi connectivity index (χ2n) is 5.97. The zero-order chi connectivity index (χ0) is 20.9. The minimum Gasteiger partial charge on any atom is -0.354 e. The second-order valence-corrected chi connectivity index (χ2v) is 9.31. The third kappa shape index (κ3) is 18.6. The van der Waals surface area contributed by atoms with Gasteiger partial charge < -0.3 is 16.0 Å². The number of amides is 2. The Bertz CT molecular complexity index is 429. The van der Waals surface area contributed by atoms with E-state index in [0.717, 1.165) is 11.4 Å². The molecule has 0 saturated carbocycles. The van der Waals surface area contributed by atoms with Crippen molar-refractivity contribution >= 4 is 27.7 Å². The summed E-state index contributed by atoms with van der Waals surface area (Å²) in [5.41, 5.74) is 0. The van der Waals surface area contributed by atoms with Gasteiger partial charge in [0, 0.05) is 39.0 Å². The Morgan fingerprint density at radius 3 is 1.74 bits per heavy atom. The smallest absolute Gasteiger partial charge is 0.354 e. The molecule has 0 saturated heterocycles. The highest BCUT2D eigenvalue weighted by Crippen LogP contribution is 2.49. The van der Waals surface area contributed by atoms with Crippen LogP contribution in [0.15, 0.2) is 0 Å². The molecule has 0 spiro atoms. The van der Waals surface area contributed by atoms with Gasteiger partial charge in [0.25, 0.3) is 0 Å². The quantitative estimate of drug-likeness (QED) is 0.0998. The van der Waals surface area contributed by atoms with Crippen LogP contribution in [0.3, 0.4) is 0 Å². The van der Waals surface area contributed by atoms with Crippen LogP contribution < -0.4 is 16.0 Å². The van der Waals surface area contributed by atoms with Crippen LogP contribution in [0.25, 0.3) is 0 Å². The van der Waals surface area contributed by atoms with E-state index < -0.39 is 28.5 Å². The molecule has 0 aliphatic carbocycles. The normalized spacial score (nSPS) is 12.3. The summed E-state index contributed by atoms with van der Waals surface area (Å²) in [6.07, 6.45) is -0.645. The lowest BCUT2D eigenvalue weighted by atomic mass is 10.3. The van der Waals surface area contributed by atoms with Crippen molar-refractivity contribution in [3.63, 3.8) is 0 Å². The van der Waals surface area contributed by atoms with E-state index in [-0.39, 0.29) is 37.7 Å². The van der Waals surface area contributed by atoms with Crippen LogP contribution in [0, 0.1) is 0 Å². The molecule has 12 nitrogen and oxygen atoms in total. The maximum Gasteiger partial charge on any atom is 0.419 e. The fourth-order valence-electron chi connectivity index (χ4n) is 2.15. The first-order chi connectivity index (χ1) is 12.4. The van der Waals surface area contributed by atoms with Gasteiger partial charge in [0.2, 0.25) is 11.8 Å². The second kappa shape index (κ2) is 13.6. The molecule has 0 atom stereocenters. The molecular weight excluding hydrogens is 402 g/mol. The summed E-state index contributed by atoms with van der Waals surface area (Å²) in [6.45, 7) is 3.90. The zero-order valence-corrected chi connectivity index (χ0v) is 17.2. The Labute approximate surface area is 159 Å². The van der Waals surface area contributed by atoms with E-state index in [2.05, 4.69) is 16.0 Å². The maximum absolute atomic E-state index is 11.7. The van der Waals surface area contributed by atoms with E-state index in [9.17, 15) is 9.59 Å². The summed E-state index contributed by atoms with van der Waals surface area (Å²) in [5, 5.41) is 8.29. The van der Waals surface area contributed by atoms with Crippen molar-refractivity contribution < 1.29 is 38.9 Å². The van der Waals surface area contributed by atoms with Crippen LogP contribution in [0.2, 0.25) is 0 Å². The first kappa shape index (κ1) is 26.5. The Hall–Kier alpha value is -0.520. The van der Waals surface area contributed by atoms with Crippen LogP contribution in [0.5, 0.6) is 0 Å². The zero-order valence-electron chi connectivity index (χ0n) is 15.4. The van der Waals surface area contributed by atoms with Gasteiger partial charge in [-0.1, -0.05) is 6.92 Å². The largest absolute Gasteiger partial charge is 0.419 e. The third-order valence-electron chi connectivity index (χ3n) is 3.21. The molecule has 0 aromatic heterocycles. The van der Waals surface area contributed by atoms with Crippen LogP contribution in [0.4, 0.5) is 0 Å². The number of carbonyl (C=O) groups excluding carboxylic acids is 2. The lowest BCUT2D eigenvalue weighted by Crippen LogP contribution is -2.36. The monoisotopic (exact) mass is 434 g/mol. The molecule has 0 aromatic rings. The van der Waals surface area contributed by atoms with E-state index in [1.54, 1.807) is 0 Å². The Kier molecular flexibility index (Phi) is 13.4. The molecule has 0 aromatic carbocycles. The molecule has 2 amide bonds.